The number of halogens is 3. The molecule has 0 amide bonds. The van der Waals surface area contributed by atoms with Gasteiger partial charge in [-0.1, -0.05) is 13.8 Å². The van der Waals surface area contributed by atoms with Gasteiger partial charge in [0, 0.05) is 24.5 Å². The molecule has 0 saturated heterocycles. The van der Waals surface area contributed by atoms with Crippen molar-refractivity contribution in [1.82, 2.24) is 14.8 Å². The number of rotatable bonds is 3. The molecule has 3 N–H and O–H groups in total. The number of aromatic amines is 1. The predicted octanol–water partition coefficient (Wildman–Crippen LogP) is 4.13. The Morgan fingerprint density at radius 3 is 2.62 bits per heavy atom. The number of nitrogens with two attached hydrogens (primary N) is 1. The molecule has 7 nitrogen and oxygen atoms in total. The van der Waals surface area contributed by atoms with Gasteiger partial charge < -0.3 is 15.0 Å². The number of hydrogen-bond acceptors (Lipinski definition) is 5. The number of H-pyrrole nitrogens is 1. The summed E-state index contributed by atoms with van der Waals surface area (Å²) in [6.07, 6.45) is -3.18. The lowest BCUT2D eigenvalue weighted by Crippen LogP contribution is -2.41. The number of fused-ring (bicyclic) bond motifs is 1. The number of allylic oxidation sites excluding steroid dienone is 1. The first-order chi connectivity index (χ1) is 15.9. The number of alkyl halides is 3. The van der Waals surface area contributed by atoms with Crippen molar-refractivity contribution >= 4 is 0 Å². The summed E-state index contributed by atoms with van der Waals surface area (Å²) in [6, 6.07) is 8.57. The number of aromatic nitrogens is 3. The number of ether oxygens (including phenoxy) is 1. The summed E-state index contributed by atoms with van der Waals surface area (Å²) in [5.41, 5.74) is 4.56. The maximum absolute atomic E-state index is 14.1. The zero-order valence-electron chi connectivity index (χ0n) is 18.9. The first kappa shape index (κ1) is 23.2. The van der Waals surface area contributed by atoms with E-state index in [2.05, 4.69) is 16.3 Å². The molecule has 0 fully saturated rings. The van der Waals surface area contributed by atoms with Crippen molar-refractivity contribution in [2.75, 3.05) is 0 Å². The summed E-state index contributed by atoms with van der Waals surface area (Å²) in [5, 5.41) is 17.0. The van der Waals surface area contributed by atoms with Gasteiger partial charge in [-0.15, -0.1) is 5.10 Å². The lowest BCUT2D eigenvalue weighted by atomic mass is 9.61. The maximum Gasteiger partial charge on any atom is 0.416 e. The lowest BCUT2D eigenvalue weighted by Gasteiger charge is -2.41. The Morgan fingerprint density at radius 2 is 2.00 bits per heavy atom. The van der Waals surface area contributed by atoms with E-state index in [-0.39, 0.29) is 34.0 Å². The average molecular weight is 469 g/mol. The Hall–Kier alpha value is -4.00. The van der Waals surface area contributed by atoms with Crippen LogP contribution in [0.15, 0.2) is 52.8 Å². The molecule has 0 saturated carbocycles. The number of nitrogens with zero attached hydrogens (tertiary/aromatic N) is 3. The second kappa shape index (κ2) is 7.80. The molecular weight excluding hydrogens is 447 g/mol. The highest BCUT2D eigenvalue weighted by atomic mass is 19.4. The molecule has 4 rings (SSSR count). The summed E-state index contributed by atoms with van der Waals surface area (Å²) in [4.78, 5) is 12.8. The molecule has 1 unspecified atom stereocenters. The molecule has 34 heavy (non-hydrogen) atoms. The van der Waals surface area contributed by atoms with Crippen LogP contribution in [-0.4, -0.2) is 14.8 Å². The van der Waals surface area contributed by atoms with Crippen molar-refractivity contribution in [2.45, 2.75) is 32.4 Å². The molecule has 3 heterocycles. The first-order valence-corrected chi connectivity index (χ1v) is 10.4. The molecule has 1 aromatic carbocycles. The molecule has 0 bridgehead atoms. The number of aryl methyl sites for hydroxylation is 2. The van der Waals surface area contributed by atoms with Crippen LogP contribution in [0, 0.1) is 24.2 Å². The molecule has 1 aliphatic heterocycles. The van der Waals surface area contributed by atoms with Gasteiger partial charge in [-0.2, -0.15) is 18.4 Å². The third kappa shape index (κ3) is 3.27. The Kier molecular flexibility index (Phi) is 5.31. The van der Waals surface area contributed by atoms with Gasteiger partial charge in [0.25, 0.3) is 5.56 Å². The van der Waals surface area contributed by atoms with Gasteiger partial charge in [-0.3, -0.25) is 9.89 Å². The number of benzene rings is 1. The van der Waals surface area contributed by atoms with Crippen LogP contribution in [0.2, 0.25) is 0 Å². The van der Waals surface area contributed by atoms with Crippen LogP contribution in [0.5, 0.6) is 5.88 Å². The zero-order chi connectivity index (χ0) is 25.0. The molecule has 2 aromatic heterocycles. The molecule has 0 spiro atoms. The van der Waals surface area contributed by atoms with Crippen LogP contribution in [-0.2, 0) is 18.6 Å². The normalized spacial score (nSPS) is 18.0. The molecule has 1 atom stereocenters. The molecule has 1 aliphatic rings. The molecule has 3 aromatic rings. The average Bonchev–Trinajstić information content (AvgIpc) is 3.13. The van der Waals surface area contributed by atoms with E-state index in [0.717, 1.165) is 12.1 Å². The summed E-state index contributed by atoms with van der Waals surface area (Å²) in [5.74, 6) is -0.573. The van der Waals surface area contributed by atoms with Gasteiger partial charge in [-0.05, 0) is 54.3 Å². The van der Waals surface area contributed by atoms with Crippen molar-refractivity contribution in [2.24, 2.45) is 18.7 Å². The van der Waals surface area contributed by atoms with E-state index < -0.39 is 28.6 Å². The zero-order valence-corrected chi connectivity index (χ0v) is 18.9. The Morgan fingerprint density at radius 1 is 1.29 bits per heavy atom. The van der Waals surface area contributed by atoms with Crippen LogP contribution >= 0.6 is 0 Å². The highest BCUT2D eigenvalue weighted by Gasteiger charge is 2.51. The molecular formula is C24H22F3N5O2. The monoisotopic (exact) mass is 469 g/mol. The largest absolute Gasteiger partial charge is 0.420 e. The third-order valence-electron chi connectivity index (χ3n) is 6.28. The molecule has 0 radical (unpaired) electrons. The van der Waals surface area contributed by atoms with Crippen LogP contribution in [0.1, 0.15) is 36.2 Å². The number of pyridine rings is 1. The maximum atomic E-state index is 14.1. The molecule has 10 heteroatoms. The smallest absolute Gasteiger partial charge is 0.416 e. The second-order valence-electron chi connectivity index (χ2n) is 8.58. The van der Waals surface area contributed by atoms with Crippen molar-refractivity contribution in [3.05, 3.63) is 80.7 Å². The van der Waals surface area contributed by atoms with Crippen molar-refractivity contribution in [3.8, 4) is 23.1 Å². The van der Waals surface area contributed by atoms with E-state index in [9.17, 15) is 23.2 Å². The van der Waals surface area contributed by atoms with Crippen LogP contribution in [0.25, 0.3) is 11.1 Å². The third-order valence-corrected chi connectivity index (χ3v) is 6.28. The van der Waals surface area contributed by atoms with Gasteiger partial charge in [0.05, 0.1) is 16.5 Å². The fourth-order valence-corrected chi connectivity index (χ4v) is 4.75. The number of hydrogen-bond donors (Lipinski definition) is 2. The summed E-state index contributed by atoms with van der Waals surface area (Å²) in [7, 11) is 1.52. The lowest BCUT2D eigenvalue weighted by molar-refractivity contribution is -0.137. The van der Waals surface area contributed by atoms with Crippen LogP contribution < -0.4 is 16.0 Å². The van der Waals surface area contributed by atoms with Gasteiger partial charge in [0.15, 0.2) is 0 Å². The minimum Gasteiger partial charge on any atom is -0.420 e. The fraction of sp³-hybridized carbons (Fsp3) is 0.292. The van der Waals surface area contributed by atoms with Gasteiger partial charge in [0.2, 0.25) is 11.8 Å². The summed E-state index contributed by atoms with van der Waals surface area (Å²) >= 11 is 0. The SMILES string of the molecule is Cc1[nH]nc2c1C(c1cc(-c3cccn(C)c3=O)cc(C(F)(F)F)c1)(C(C)C)C(C#N)=C(N)O2. The Balaban J connectivity index is 2.18. The summed E-state index contributed by atoms with van der Waals surface area (Å²) < 4.78 is 49.1. The van der Waals surface area contributed by atoms with Gasteiger partial charge in [0.1, 0.15) is 11.6 Å². The van der Waals surface area contributed by atoms with Crippen molar-refractivity contribution in [1.29, 1.82) is 5.26 Å². The van der Waals surface area contributed by atoms with E-state index in [1.807, 2.05) is 0 Å². The topological polar surface area (TPSA) is 110 Å². The van der Waals surface area contributed by atoms with Crippen molar-refractivity contribution < 1.29 is 17.9 Å². The van der Waals surface area contributed by atoms with E-state index in [1.54, 1.807) is 26.8 Å². The van der Waals surface area contributed by atoms with E-state index in [4.69, 9.17) is 10.5 Å². The van der Waals surface area contributed by atoms with Crippen molar-refractivity contribution in [3.63, 3.8) is 0 Å². The Bertz CT molecular complexity index is 1430. The minimum atomic E-state index is -4.70. The van der Waals surface area contributed by atoms with Crippen LogP contribution in [0.3, 0.4) is 0 Å². The standard InChI is InChI=1S/C24H22F3N5O2/c1-12(2)23(18(11-28)20(29)34-21-19(23)13(3)30-31-21)15-8-14(9-16(10-15)24(25,26)27)17-6-5-7-32(4)22(17)33/h5-10,12H,29H2,1-4H3,(H,30,31). The van der Waals surface area contributed by atoms with E-state index in [0.29, 0.717) is 11.3 Å². The predicted molar refractivity (Wildman–Crippen MR) is 119 cm³/mol. The van der Waals surface area contributed by atoms with E-state index >= 15 is 0 Å². The quantitative estimate of drug-likeness (QED) is 0.599. The molecule has 176 valence electrons. The van der Waals surface area contributed by atoms with Gasteiger partial charge in [-0.25, -0.2) is 0 Å². The van der Waals surface area contributed by atoms with Gasteiger partial charge >= 0.3 is 6.18 Å². The minimum absolute atomic E-state index is 0.0225. The van der Waals surface area contributed by atoms with Crippen LogP contribution in [0.4, 0.5) is 13.2 Å². The number of nitrogens with one attached hydrogen (secondary N) is 1. The summed E-state index contributed by atoms with van der Waals surface area (Å²) in [6.45, 7) is 5.27. The highest BCUT2D eigenvalue weighted by molar-refractivity contribution is 5.69. The molecule has 0 aliphatic carbocycles. The van der Waals surface area contributed by atoms with E-state index in [1.165, 1.54) is 29.9 Å². The Labute approximate surface area is 193 Å². The highest BCUT2D eigenvalue weighted by Crippen LogP contribution is 2.53. The fourth-order valence-electron chi connectivity index (χ4n) is 4.75. The number of nitriles is 1. The second-order valence-corrected chi connectivity index (χ2v) is 8.58. The first-order valence-electron chi connectivity index (χ1n) is 10.4.